The Morgan fingerprint density at radius 1 is 1.17 bits per heavy atom. The number of aryl methyl sites for hydroxylation is 1. The Balaban J connectivity index is 1.36. The second-order valence-electron chi connectivity index (χ2n) is 7.78. The van der Waals surface area contributed by atoms with Crippen LogP contribution in [0, 0.1) is 11.7 Å². The predicted octanol–water partition coefficient (Wildman–Crippen LogP) is 3.14. The van der Waals surface area contributed by atoms with Crippen molar-refractivity contribution in [2.45, 2.75) is 49.3 Å². The van der Waals surface area contributed by atoms with Gasteiger partial charge in [0.1, 0.15) is 10.7 Å². The average molecular weight is 424 g/mol. The number of nitrogens with zero attached hydrogens (tertiary/aromatic N) is 3. The quantitative estimate of drug-likeness (QED) is 0.710. The van der Waals surface area contributed by atoms with Crippen molar-refractivity contribution in [2.75, 3.05) is 26.3 Å². The molecule has 9 heteroatoms. The average Bonchev–Trinajstić information content (AvgIpc) is 3.22. The molecule has 2 fully saturated rings. The summed E-state index contributed by atoms with van der Waals surface area (Å²) in [7, 11) is -3.82. The number of hydrogen-bond donors (Lipinski definition) is 0. The summed E-state index contributed by atoms with van der Waals surface area (Å²) in [5, 5.41) is 4.09. The summed E-state index contributed by atoms with van der Waals surface area (Å²) in [6.45, 7) is 2.25. The summed E-state index contributed by atoms with van der Waals surface area (Å²) in [4.78, 5) is 4.28. The minimum absolute atomic E-state index is 0.190. The van der Waals surface area contributed by atoms with Gasteiger partial charge in [-0.25, -0.2) is 12.8 Å². The van der Waals surface area contributed by atoms with E-state index in [4.69, 9.17) is 9.26 Å². The summed E-state index contributed by atoms with van der Waals surface area (Å²) in [5.41, 5.74) is 0. The van der Waals surface area contributed by atoms with Gasteiger partial charge in [-0.05, 0) is 50.2 Å². The van der Waals surface area contributed by atoms with Crippen LogP contribution in [0.15, 0.2) is 33.7 Å². The van der Waals surface area contributed by atoms with Crippen LogP contribution < -0.4 is 0 Å². The fraction of sp³-hybridized carbons (Fsp3) is 0.600. The van der Waals surface area contributed by atoms with Crippen LogP contribution >= 0.6 is 0 Å². The van der Waals surface area contributed by atoms with Crippen LogP contribution in [-0.2, 0) is 21.2 Å². The van der Waals surface area contributed by atoms with E-state index in [2.05, 4.69) is 10.1 Å². The zero-order valence-corrected chi connectivity index (χ0v) is 17.1. The molecule has 0 aliphatic carbocycles. The topological polar surface area (TPSA) is 85.5 Å². The lowest BCUT2D eigenvalue weighted by Gasteiger charge is -2.31. The summed E-state index contributed by atoms with van der Waals surface area (Å²) >= 11 is 0. The lowest BCUT2D eigenvalue weighted by molar-refractivity contribution is 0.0778. The fourth-order valence-corrected chi connectivity index (χ4v) is 5.71. The van der Waals surface area contributed by atoms with Crippen molar-refractivity contribution in [3.63, 3.8) is 0 Å². The number of aromatic nitrogens is 2. The number of sulfonamides is 1. The van der Waals surface area contributed by atoms with Crippen molar-refractivity contribution in [1.29, 1.82) is 0 Å². The Labute approximate surface area is 170 Å². The molecule has 2 aliphatic rings. The highest BCUT2D eigenvalue weighted by Gasteiger charge is 2.32. The van der Waals surface area contributed by atoms with Crippen LogP contribution in [0.1, 0.15) is 49.7 Å². The van der Waals surface area contributed by atoms with Gasteiger partial charge in [-0.15, -0.1) is 0 Å². The van der Waals surface area contributed by atoms with Gasteiger partial charge in [-0.3, -0.25) is 0 Å². The van der Waals surface area contributed by atoms with Gasteiger partial charge >= 0.3 is 0 Å². The van der Waals surface area contributed by atoms with Crippen LogP contribution in [-0.4, -0.2) is 49.2 Å². The van der Waals surface area contributed by atoms with Crippen molar-refractivity contribution in [1.82, 2.24) is 14.4 Å². The second-order valence-corrected chi connectivity index (χ2v) is 9.68. The molecule has 158 valence electrons. The molecule has 29 heavy (non-hydrogen) atoms. The van der Waals surface area contributed by atoms with Crippen molar-refractivity contribution >= 4 is 10.0 Å². The molecule has 2 saturated heterocycles. The third-order valence-electron chi connectivity index (χ3n) is 5.77. The number of piperidine rings is 1. The first kappa shape index (κ1) is 20.4. The maximum absolute atomic E-state index is 14.0. The van der Waals surface area contributed by atoms with E-state index in [-0.39, 0.29) is 16.7 Å². The Morgan fingerprint density at radius 3 is 2.76 bits per heavy atom. The lowest BCUT2D eigenvalue weighted by atomic mass is 9.94. The van der Waals surface area contributed by atoms with Gasteiger partial charge in [-0.2, -0.15) is 9.29 Å². The van der Waals surface area contributed by atoms with E-state index < -0.39 is 15.8 Å². The SMILES string of the molecule is O=S(=O)(c1ccccc1F)N1CCCC(CCc2noc(C3CCOCC3)n2)C1. The minimum Gasteiger partial charge on any atom is -0.381 e. The van der Waals surface area contributed by atoms with Crippen LogP contribution in [0.5, 0.6) is 0 Å². The first-order valence-corrected chi connectivity index (χ1v) is 11.6. The standard InChI is InChI=1S/C20H26FN3O4S/c21-17-5-1-2-6-18(17)29(25,26)24-11-3-4-15(14-24)7-8-19-22-20(28-23-19)16-9-12-27-13-10-16/h1-2,5-6,15-16H,3-4,7-14H2. The number of benzene rings is 1. The van der Waals surface area contributed by atoms with Gasteiger partial charge in [0.25, 0.3) is 0 Å². The molecule has 0 N–H and O–H groups in total. The highest BCUT2D eigenvalue weighted by molar-refractivity contribution is 7.89. The molecule has 3 heterocycles. The van der Waals surface area contributed by atoms with Gasteiger partial charge in [0, 0.05) is 38.6 Å². The second kappa shape index (κ2) is 8.89. The monoisotopic (exact) mass is 423 g/mol. The van der Waals surface area contributed by atoms with E-state index in [1.807, 2.05) is 0 Å². The molecule has 7 nitrogen and oxygen atoms in total. The number of hydrogen-bond acceptors (Lipinski definition) is 6. The molecular formula is C20H26FN3O4S. The van der Waals surface area contributed by atoms with Crippen molar-refractivity contribution < 1.29 is 22.1 Å². The zero-order valence-electron chi connectivity index (χ0n) is 16.3. The Bertz CT molecular complexity index is 927. The fourth-order valence-electron chi connectivity index (χ4n) is 4.09. The lowest BCUT2D eigenvalue weighted by Crippen LogP contribution is -2.40. The van der Waals surface area contributed by atoms with Gasteiger partial charge in [0.05, 0.1) is 0 Å². The zero-order chi connectivity index (χ0) is 20.3. The van der Waals surface area contributed by atoms with Gasteiger partial charge in [-0.1, -0.05) is 17.3 Å². The molecule has 0 spiro atoms. The molecule has 0 amide bonds. The first-order valence-electron chi connectivity index (χ1n) is 10.2. The van der Waals surface area contributed by atoms with E-state index in [1.165, 1.54) is 22.5 Å². The molecule has 1 aromatic heterocycles. The number of halogens is 1. The van der Waals surface area contributed by atoms with Gasteiger partial charge in [0.15, 0.2) is 5.82 Å². The molecule has 2 aliphatic heterocycles. The smallest absolute Gasteiger partial charge is 0.245 e. The third kappa shape index (κ3) is 4.67. The van der Waals surface area contributed by atoms with E-state index in [9.17, 15) is 12.8 Å². The molecule has 1 unspecified atom stereocenters. The minimum atomic E-state index is -3.82. The van der Waals surface area contributed by atoms with Gasteiger partial charge in [0.2, 0.25) is 15.9 Å². The van der Waals surface area contributed by atoms with Crippen molar-refractivity contribution in [3.05, 3.63) is 41.8 Å². The molecule has 0 bridgehead atoms. The van der Waals surface area contributed by atoms with E-state index in [0.29, 0.717) is 31.2 Å². The summed E-state index contributed by atoms with van der Waals surface area (Å²) in [6, 6.07) is 5.54. The predicted molar refractivity (Wildman–Crippen MR) is 103 cm³/mol. The Morgan fingerprint density at radius 2 is 1.97 bits per heavy atom. The summed E-state index contributed by atoms with van der Waals surface area (Å²) in [6.07, 6.45) is 4.91. The number of ether oxygens (including phenoxy) is 1. The van der Waals surface area contributed by atoms with E-state index >= 15 is 0 Å². The maximum atomic E-state index is 14.0. The highest BCUT2D eigenvalue weighted by Crippen LogP contribution is 2.28. The molecule has 2 aromatic rings. The van der Waals surface area contributed by atoms with E-state index in [0.717, 1.165) is 45.3 Å². The van der Waals surface area contributed by atoms with Crippen molar-refractivity contribution in [3.8, 4) is 0 Å². The molecule has 1 atom stereocenters. The van der Waals surface area contributed by atoms with Crippen molar-refractivity contribution in [2.24, 2.45) is 5.92 Å². The first-order chi connectivity index (χ1) is 14.0. The Kier molecular flexibility index (Phi) is 6.26. The van der Waals surface area contributed by atoms with Crippen LogP contribution in [0.3, 0.4) is 0 Å². The molecule has 4 rings (SSSR count). The summed E-state index contributed by atoms with van der Waals surface area (Å²) < 4.78 is 51.9. The third-order valence-corrected chi connectivity index (χ3v) is 7.67. The number of rotatable bonds is 6. The Hall–Kier alpha value is -1.84. The normalized spacial score (nSPS) is 22.0. The maximum Gasteiger partial charge on any atom is 0.245 e. The van der Waals surface area contributed by atoms with Crippen LogP contribution in [0.2, 0.25) is 0 Å². The van der Waals surface area contributed by atoms with E-state index in [1.54, 1.807) is 6.07 Å². The largest absolute Gasteiger partial charge is 0.381 e. The van der Waals surface area contributed by atoms with Gasteiger partial charge < -0.3 is 9.26 Å². The van der Waals surface area contributed by atoms with Crippen LogP contribution in [0.4, 0.5) is 4.39 Å². The summed E-state index contributed by atoms with van der Waals surface area (Å²) in [5.74, 6) is 1.09. The molecule has 0 radical (unpaired) electrons. The highest BCUT2D eigenvalue weighted by atomic mass is 32.2. The molecule has 1 aromatic carbocycles. The molecular weight excluding hydrogens is 397 g/mol. The molecule has 0 saturated carbocycles. The van der Waals surface area contributed by atoms with Crippen LogP contribution in [0.25, 0.3) is 0 Å².